The monoisotopic (exact) mass is 326 g/mol. The number of carbonyl (C=O) groups excluding carboxylic acids is 1. The molecule has 0 unspecified atom stereocenters. The first-order valence-corrected chi connectivity index (χ1v) is 7.58. The molecule has 0 fully saturated rings. The van der Waals surface area contributed by atoms with Crippen molar-refractivity contribution in [1.29, 1.82) is 0 Å². The number of hydrogen-bond donors (Lipinski definition) is 1. The second kappa shape index (κ2) is 7.28. The Hall–Kier alpha value is -1.79. The van der Waals surface area contributed by atoms with Gasteiger partial charge in [0.25, 0.3) is 0 Å². The summed E-state index contributed by atoms with van der Waals surface area (Å²) in [5, 5.41) is 6.15. The van der Waals surface area contributed by atoms with E-state index in [1.54, 1.807) is 32.2 Å². The van der Waals surface area contributed by atoms with Gasteiger partial charge in [0.15, 0.2) is 5.13 Å². The zero-order chi connectivity index (χ0) is 15.2. The Morgan fingerprint density at radius 2 is 2.29 bits per heavy atom. The lowest BCUT2D eigenvalue weighted by molar-refractivity contribution is -0.142. The van der Waals surface area contributed by atoms with Gasteiger partial charge in [-0.05, 0) is 19.1 Å². The molecule has 1 aromatic heterocycles. The molecular weight excluding hydrogens is 312 g/mol. The predicted molar refractivity (Wildman–Crippen MR) is 83.7 cm³/mol. The lowest BCUT2D eigenvalue weighted by Gasteiger charge is -2.07. The highest BCUT2D eigenvalue weighted by atomic mass is 35.5. The van der Waals surface area contributed by atoms with E-state index in [0.29, 0.717) is 33.9 Å². The third-order valence-electron chi connectivity index (χ3n) is 2.60. The van der Waals surface area contributed by atoms with Crippen LogP contribution in [-0.2, 0) is 16.0 Å². The van der Waals surface area contributed by atoms with E-state index in [1.807, 2.05) is 5.38 Å². The molecule has 21 heavy (non-hydrogen) atoms. The van der Waals surface area contributed by atoms with E-state index in [1.165, 1.54) is 11.3 Å². The lowest BCUT2D eigenvalue weighted by atomic mass is 10.3. The number of ether oxygens (including phenoxy) is 2. The summed E-state index contributed by atoms with van der Waals surface area (Å²) in [5.74, 6) is 0.416. The average molecular weight is 327 g/mol. The van der Waals surface area contributed by atoms with Crippen molar-refractivity contribution in [3.05, 3.63) is 34.3 Å². The van der Waals surface area contributed by atoms with E-state index in [-0.39, 0.29) is 12.4 Å². The summed E-state index contributed by atoms with van der Waals surface area (Å²) in [5.41, 5.74) is 1.37. The van der Waals surface area contributed by atoms with Crippen LogP contribution in [0.4, 0.5) is 10.8 Å². The Balaban J connectivity index is 2.07. The Morgan fingerprint density at radius 3 is 3.00 bits per heavy atom. The number of esters is 1. The van der Waals surface area contributed by atoms with Crippen LogP contribution >= 0.6 is 22.9 Å². The van der Waals surface area contributed by atoms with E-state index in [2.05, 4.69) is 10.3 Å². The van der Waals surface area contributed by atoms with E-state index in [4.69, 9.17) is 21.1 Å². The lowest BCUT2D eigenvalue weighted by Crippen LogP contribution is -2.07. The summed E-state index contributed by atoms with van der Waals surface area (Å²) in [4.78, 5) is 15.7. The predicted octanol–water partition coefficient (Wildman–Crippen LogP) is 3.65. The third-order valence-corrected chi connectivity index (χ3v) is 3.73. The van der Waals surface area contributed by atoms with Gasteiger partial charge in [0.1, 0.15) is 5.75 Å². The normalized spacial score (nSPS) is 10.2. The largest absolute Gasteiger partial charge is 0.497 e. The van der Waals surface area contributed by atoms with Crippen LogP contribution in [0.2, 0.25) is 5.02 Å². The maximum atomic E-state index is 11.4. The molecule has 112 valence electrons. The molecule has 0 aliphatic carbocycles. The first-order valence-electron chi connectivity index (χ1n) is 6.33. The minimum atomic E-state index is -0.284. The Bertz CT molecular complexity index is 630. The topological polar surface area (TPSA) is 60.5 Å². The number of anilines is 2. The smallest absolute Gasteiger partial charge is 0.311 e. The molecule has 0 radical (unpaired) electrons. The number of carbonyl (C=O) groups is 1. The molecule has 7 heteroatoms. The fourth-order valence-electron chi connectivity index (χ4n) is 1.65. The number of rotatable bonds is 6. The first kappa shape index (κ1) is 15.6. The van der Waals surface area contributed by atoms with Crippen molar-refractivity contribution in [2.75, 3.05) is 19.0 Å². The van der Waals surface area contributed by atoms with Crippen LogP contribution in [0, 0.1) is 0 Å². The zero-order valence-corrected chi connectivity index (χ0v) is 13.3. The summed E-state index contributed by atoms with van der Waals surface area (Å²) >= 11 is 7.52. The van der Waals surface area contributed by atoms with Crippen LogP contribution in [0.3, 0.4) is 0 Å². The van der Waals surface area contributed by atoms with Crippen LogP contribution in [0.15, 0.2) is 23.6 Å². The zero-order valence-electron chi connectivity index (χ0n) is 11.7. The van der Waals surface area contributed by atoms with Gasteiger partial charge in [0, 0.05) is 11.4 Å². The van der Waals surface area contributed by atoms with Gasteiger partial charge in [-0.25, -0.2) is 4.98 Å². The van der Waals surface area contributed by atoms with Crippen molar-refractivity contribution in [1.82, 2.24) is 4.98 Å². The molecule has 1 aromatic carbocycles. The molecule has 1 heterocycles. The minimum absolute atomic E-state index is 0.165. The second-order valence-electron chi connectivity index (χ2n) is 4.10. The number of aromatic nitrogens is 1. The van der Waals surface area contributed by atoms with Crippen molar-refractivity contribution in [3.8, 4) is 5.75 Å². The van der Waals surface area contributed by atoms with Crippen molar-refractivity contribution >= 4 is 39.7 Å². The van der Waals surface area contributed by atoms with E-state index < -0.39 is 0 Å². The Labute approximate surface area is 131 Å². The maximum Gasteiger partial charge on any atom is 0.311 e. The highest BCUT2D eigenvalue weighted by Gasteiger charge is 2.10. The Kier molecular flexibility index (Phi) is 5.41. The van der Waals surface area contributed by atoms with Gasteiger partial charge in [-0.3, -0.25) is 4.79 Å². The number of thiazole rings is 1. The van der Waals surface area contributed by atoms with Gasteiger partial charge in [-0.1, -0.05) is 11.6 Å². The first-order chi connectivity index (χ1) is 10.1. The standard InChI is InChI=1S/C14H15ClN2O3S/c1-3-20-13(18)6-9-8-21-14(16-9)17-12-7-10(19-2)4-5-11(12)15/h4-5,7-8H,3,6H2,1-2H3,(H,16,17). The fourth-order valence-corrected chi connectivity index (χ4v) is 2.54. The van der Waals surface area contributed by atoms with Crippen molar-refractivity contribution in [3.63, 3.8) is 0 Å². The highest BCUT2D eigenvalue weighted by molar-refractivity contribution is 7.13. The number of halogens is 1. The number of benzene rings is 1. The molecule has 0 saturated heterocycles. The summed E-state index contributed by atoms with van der Waals surface area (Å²) in [7, 11) is 1.59. The molecule has 2 aromatic rings. The molecule has 0 bridgehead atoms. The van der Waals surface area contributed by atoms with Crippen LogP contribution < -0.4 is 10.1 Å². The second-order valence-corrected chi connectivity index (χ2v) is 5.36. The van der Waals surface area contributed by atoms with Gasteiger partial charge in [0.2, 0.25) is 0 Å². The average Bonchev–Trinajstić information content (AvgIpc) is 2.88. The number of nitrogens with zero attached hydrogens (tertiary/aromatic N) is 1. The van der Waals surface area contributed by atoms with E-state index >= 15 is 0 Å². The van der Waals surface area contributed by atoms with Gasteiger partial charge < -0.3 is 14.8 Å². The van der Waals surface area contributed by atoms with Gasteiger partial charge in [0.05, 0.1) is 36.5 Å². The summed E-state index contributed by atoms with van der Waals surface area (Å²) in [6.07, 6.45) is 0.165. The fraction of sp³-hybridized carbons (Fsp3) is 0.286. The third kappa shape index (κ3) is 4.34. The van der Waals surface area contributed by atoms with Crippen molar-refractivity contribution in [2.45, 2.75) is 13.3 Å². The maximum absolute atomic E-state index is 11.4. The number of methoxy groups -OCH3 is 1. The number of hydrogen-bond acceptors (Lipinski definition) is 6. The van der Waals surface area contributed by atoms with E-state index in [0.717, 1.165) is 0 Å². The van der Waals surface area contributed by atoms with Crippen LogP contribution in [0.1, 0.15) is 12.6 Å². The molecule has 5 nitrogen and oxygen atoms in total. The number of nitrogens with one attached hydrogen (secondary N) is 1. The summed E-state index contributed by atoms with van der Waals surface area (Å²) in [6.45, 7) is 2.14. The molecule has 0 spiro atoms. The van der Waals surface area contributed by atoms with E-state index in [9.17, 15) is 4.79 Å². The summed E-state index contributed by atoms with van der Waals surface area (Å²) in [6, 6.07) is 5.31. The van der Waals surface area contributed by atoms with Crippen LogP contribution in [-0.4, -0.2) is 24.7 Å². The SMILES string of the molecule is CCOC(=O)Cc1csc(Nc2cc(OC)ccc2Cl)n1. The summed E-state index contributed by atoms with van der Waals surface area (Å²) < 4.78 is 10.0. The van der Waals surface area contributed by atoms with Crippen molar-refractivity contribution < 1.29 is 14.3 Å². The van der Waals surface area contributed by atoms with Gasteiger partial charge in [-0.2, -0.15) is 0 Å². The van der Waals surface area contributed by atoms with Crippen LogP contribution in [0.5, 0.6) is 5.75 Å². The van der Waals surface area contributed by atoms with Gasteiger partial charge in [-0.15, -0.1) is 11.3 Å². The molecule has 0 aliphatic heterocycles. The molecule has 0 atom stereocenters. The molecule has 1 N–H and O–H groups in total. The molecule has 0 aliphatic rings. The molecular formula is C14H15ClN2O3S. The van der Waals surface area contributed by atoms with Gasteiger partial charge >= 0.3 is 5.97 Å². The Morgan fingerprint density at radius 1 is 1.48 bits per heavy atom. The van der Waals surface area contributed by atoms with Crippen molar-refractivity contribution in [2.24, 2.45) is 0 Å². The molecule has 0 amide bonds. The minimum Gasteiger partial charge on any atom is -0.497 e. The molecule has 2 rings (SSSR count). The highest BCUT2D eigenvalue weighted by Crippen LogP contribution is 2.30. The quantitative estimate of drug-likeness (QED) is 0.821. The van der Waals surface area contributed by atoms with Crippen LogP contribution in [0.25, 0.3) is 0 Å². The molecule has 0 saturated carbocycles.